The first kappa shape index (κ1) is 28.3. The number of thiophene rings is 1. The number of benzene rings is 7. The van der Waals surface area contributed by atoms with Crippen molar-refractivity contribution in [3.05, 3.63) is 170 Å². The monoisotopic (exact) mass is 668 g/mol. The Morgan fingerprint density at radius 2 is 0.922 bits per heavy atom. The highest BCUT2D eigenvalue weighted by Gasteiger charge is 2.27. The molecular weight excluding hydrogens is 641 g/mol. The minimum absolute atomic E-state index is 0.655. The highest BCUT2D eigenvalue weighted by atomic mass is 32.1. The predicted molar refractivity (Wildman–Crippen MR) is 214 cm³/mol. The molecule has 7 aromatic carbocycles. The van der Waals surface area contributed by atoms with Crippen molar-refractivity contribution in [2.75, 3.05) is 0 Å². The van der Waals surface area contributed by atoms with Crippen LogP contribution in [0.3, 0.4) is 0 Å². The molecule has 0 aliphatic heterocycles. The third kappa shape index (κ3) is 4.13. The third-order valence-corrected chi connectivity index (χ3v) is 11.3. The van der Waals surface area contributed by atoms with E-state index in [9.17, 15) is 0 Å². The van der Waals surface area contributed by atoms with Gasteiger partial charge in [-0.15, -0.1) is 11.3 Å². The van der Waals surface area contributed by atoms with Crippen molar-refractivity contribution in [3.63, 3.8) is 0 Å². The molecule has 4 heterocycles. The second-order valence-corrected chi connectivity index (χ2v) is 14.0. The van der Waals surface area contributed by atoms with Crippen LogP contribution in [0.4, 0.5) is 0 Å². The third-order valence-electron chi connectivity index (χ3n) is 10.1. The van der Waals surface area contributed by atoms with E-state index in [2.05, 4.69) is 167 Å². The Kier molecular flexibility index (Phi) is 6.09. The van der Waals surface area contributed by atoms with Gasteiger partial charge in [0.2, 0.25) is 5.95 Å². The second kappa shape index (κ2) is 11.0. The molecule has 0 spiro atoms. The first-order chi connectivity index (χ1) is 25.3. The zero-order valence-electron chi connectivity index (χ0n) is 27.4. The van der Waals surface area contributed by atoms with Gasteiger partial charge in [0.25, 0.3) is 0 Å². The average Bonchev–Trinajstić information content (AvgIpc) is 3.87. The lowest BCUT2D eigenvalue weighted by molar-refractivity contribution is 0.998. The first-order valence-electron chi connectivity index (χ1n) is 17.2. The molecule has 0 aliphatic rings. The number of para-hydroxylation sites is 3. The van der Waals surface area contributed by atoms with E-state index in [0.717, 1.165) is 39.2 Å². The molecule has 238 valence electrons. The summed E-state index contributed by atoms with van der Waals surface area (Å²) in [5, 5.41) is 7.44. The van der Waals surface area contributed by atoms with Crippen LogP contribution in [-0.4, -0.2) is 19.1 Å². The summed E-state index contributed by atoms with van der Waals surface area (Å²) < 4.78 is 7.29. The summed E-state index contributed by atoms with van der Waals surface area (Å²) in [5.41, 5.74) is 9.61. The van der Waals surface area contributed by atoms with Gasteiger partial charge in [0.1, 0.15) is 0 Å². The molecule has 0 unspecified atom stereocenters. The van der Waals surface area contributed by atoms with Gasteiger partial charge in [-0.25, -0.2) is 9.97 Å². The Balaban J connectivity index is 1.40. The largest absolute Gasteiger partial charge is 0.309 e. The van der Waals surface area contributed by atoms with Crippen LogP contribution in [-0.2, 0) is 0 Å². The molecule has 11 rings (SSSR count). The van der Waals surface area contributed by atoms with Crippen LogP contribution in [0, 0.1) is 0 Å². The predicted octanol–water partition coefficient (Wildman–Crippen LogP) is 12.4. The van der Waals surface area contributed by atoms with Crippen LogP contribution in [0.2, 0.25) is 0 Å². The van der Waals surface area contributed by atoms with Crippen LogP contribution in [0.5, 0.6) is 0 Å². The summed E-state index contributed by atoms with van der Waals surface area (Å²) in [6.45, 7) is 0. The number of fused-ring (bicyclic) bond motifs is 12. The van der Waals surface area contributed by atoms with E-state index in [1.165, 1.54) is 52.8 Å². The molecular formula is C46H28N4S. The van der Waals surface area contributed by atoms with Crippen molar-refractivity contribution in [2.45, 2.75) is 0 Å². The topological polar surface area (TPSA) is 35.6 Å². The maximum absolute atomic E-state index is 5.39. The van der Waals surface area contributed by atoms with Gasteiger partial charge < -0.3 is 4.57 Å². The number of hydrogen-bond acceptors (Lipinski definition) is 3. The van der Waals surface area contributed by atoms with E-state index < -0.39 is 0 Å². The van der Waals surface area contributed by atoms with Gasteiger partial charge in [-0.1, -0.05) is 133 Å². The molecule has 5 heteroatoms. The van der Waals surface area contributed by atoms with Crippen molar-refractivity contribution in [1.29, 1.82) is 0 Å². The molecule has 0 atom stereocenters. The van der Waals surface area contributed by atoms with Crippen LogP contribution < -0.4 is 0 Å². The molecule has 4 aromatic heterocycles. The zero-order valence-corrected chi connectivity index (χ0v) is 28.2. The number of nitrogens with zero attached hydrogens (tertiary/aromatic N) is 4. The lowest BCUT2D eigenvalue weighted by Crippen LogP contribution is -2.04. The summed E-state index contributed by atoms with van der Waals surface area (Å²) in [7, 11) is 0. The summed E-state index contributed by atoms with van der Waals surface area (Å²) in [5.74, 6) is 0.655. The minimum Gasteiger partial charge on any atom is -0.309 e. The highest BCUT2D eigenvalue weighted by Crippen LogP contribution is 2.51. The molecule has 0 aliphatic carbocycles. The van der Waals surface area contributed by atoms with Crippen molar-refractivity contribution < 1.29 is 0 Å². The first-order valence-corrected chi connectivity index (χ1v) is 18.0. The van der Waals surface area contributed by atoms with E-state index in [-0.39, 0.29) is 0 Å². The Morgan fingerprint density at radius 1 is 0.412 bits per heavy atom. The standard InChI is InChI=1S/C46H28N4S/c1-4-16-29(17-5-1)35-28-36(30-18-6-2-7-19-30)48-46(47-35)50-38-26-14-11-23-33(38)42-43-40(41-34-24-12-15-27-39(34)51-45(41)44(42)50)32-22-10-13-25-37(32)49(43)31-20-8-3-9-21-31/h1-28H. The zero-order chi connectivity index (χ0) is 33.5. The quantitative estimate of drug-likeness (QED) is 0.187. The summed E-state index contributed by atoms with van der Waals surface area (Å²) >= 11 is 1.86. The van der Waals surface area contributed by atoms with E-state index in [1.54, 1.807) is 0 Å². The smallest absolute Gasteiger partial charge is 0.235 e. The molecule has 0 N–H and O–H groups in total. The number of hydrogen-bond donors (Lipinski definition) is 0. The van der Waals surface area contributed by atoms with Gasteiger partial charge in [-0.2, -0.15) is 0 Å². The molecule has 0 fully saturated rings. The van der Waals surface area contributed by atoms with E-state index in [0.29, 0.717) is 5.95 Å². The molecule has 0 bridgehead atoms. The fourth-order valence-electron chi connectivity index (χ4n) is 7.99. The molecule has 0 saturated heterocycles. The average molecular weight is 669 g/mol. The SMILES string of the molecule is c1ccc(-c2cc(-c3ccccc3)nc(-n3c4ccccc4c4c3c3sc5ccccc5c3c3c5ccccc5n(-c5ccccc5)c34)n2)cc1. The normalized spacial score (nSPS) is 11.9. The number of rotatable bonds is 4. The van der Waals surface area contributed by atoms with Crippen molar-refractivity contribution in [2.24, 2.45) is 0 Å². The maximum atomic E-state index is 5.39. The van der Waals surface area contributed by atoms with Crippen LogP contribution >= 0.6 is 11.3 Å². The lowest BCUT2D eigenvalue weighted by atomic mass is 10.0. The van der Waals surface area contributed by atoms with Gasteiger partial charge in [-0.05, 0) is 36.4 Å². The van der Waals surface area contributed by atoms with Crippen molar-refractivity contribution in [3.8, 4) is 34.2 Å². The van der Waals surface area contributed by atoms with Crippen LogP contribution in [0.15, 0.2) is 170 Å². The molecule has 51 heavy (non-hydrogen) atoms. The van der Waals surface area contributed by atoms with E-state index >= 15 is 0 Å². The lowest BCUT2D eigenvalue weighted by Gasteiger charge is -2.13. The Morgan fingerprint density at radius 3 is 1.57 bits per heavy atom. The van der Waals surface area contributed by atoms with Crippen LogP contribution in [0.25, 0.3) is 97.9 Å². The molecule has 0 amide bonds. The van der Waals surface area contributed by atoms with E-state index in [1.807, 2.05) is 23.5 Å². The van der Waals surface area contributed by atoms with Gasteiger partial charge in [0.05, 0.1) is 38.2 Å². The molecule has 0 radical (unpaired) electrons. The van der Waals surface area contributed by atoms with Gasteiger partial charge in [0, 0.05) is 53.8 Å². The van der Waals surface area contributed by atoms with Gasteiger partial charge in [-0.3, -0.25) is 4.57 Å². The van der Waals surface area contributed by atoms with Gasteiger partial charge >= 0.3 is 0 Å². The van der Waals surface area contributed by atoms with Crippen molar-refractivity contribution in [1.82, 2.24) is 19.1 Å². The number of aromatic nitrogens is 4. The fourth-order valence-corrected chi connectivity index (χ4v) is 9.24. The van der Waals surface area contributed by atoms with Crippen molar-refractivity contribution >= 4 is 75.1 Å². The molecule has 0 saturated carbocycles. The highest BCUT2D eigenvalue weighted by molar-refractivity contribution is 7.27. The fraction of sp³-hybridized carbons (Fsp3) is 0. The van der Waals surface area contributed by atoms with E-state index in [4.69, 9.17) is 9.97 Å². The Labute approximate surface area is 297 Å². The Bertz CT molecular complexity index is 3060. The summed E-state index contributed by atoms with van der Waals surface area (Å²) in [4.78, 5) is 10.8. The summed E-state index contributed by atoms with van der Waals surface area (Å²) in [6, 6.07) is 60.2. The molecule has 4 nitrogen and oxygen atoms in total. The maximum Gasteiger partial charge on any atom is 0.235 e. The van der Waals surface area contributed by atoms with Crippen LogP contribution in [0.1, 0.15) is 0 Å². The second-order valence-electron chi connectivity index (χ2n) is 13.0. The molecule has 11 aromatic rings. The van der Waals surface area contributed by atoms with Gasteiger partial charge in [0.15, 0.2) is 0 Å². The summed E-state index contributed by atoms with van der Waals surface area (Å²) in [6.07, 6.45) is 0. The minimum atomic E-state index is 0.655. The Hall–Kier alpha value is -6.56.